The van der Waals surface area contributed by atoms with Crippen molar-refractivity contribution in [2.24, 2.45) is 5.73 Å². The summed E-state index contributed by atoms with van der Waals surface area (Å²) in [6.45, 7) is 1.42. The number of unbranched alkanes of at least 4 members (excludes halogenated alkanes) is 1. The van der Waals surface area contributed by atoms with Gasteiger partial charge in [-0.25, -0.2) is 0 Å². The second-order valence-electron chi connectivity index (χ2n) is 4.33. The first kappa shape index (κ1) is 15.0. The van der Waals surface area contributed by atoms with E-state index in [2.05, 4.69) is 5.32 Å². The highest BCUT2D eigenvalue weighted by molar-refractivity contribution is 6.30. The van der Waals surface area contributed by atoms with Crippen molar-refractivity contribution in [1.29, 1.82) is 0 Å². The Morgan fingerprint density at radius 1 is 1.17 bits per heavy atom. The molecule has 0 aliphatic rings. The van der Waals surface area contributed by atoms with E-state index in [-0.39, 0.29) is 5.91 Å². The fourth-order valence-corrected chi connectivity index (χ4v) is 1.82. The molecule has 3 N–H and O–H groups in total. The predicted molar refractivity (Wildman–Crippen MR) is 75.7 cm³/mol. The summed E-state index contributed by atoms with van der Waals surface area (Å²) in [5.41, 5.74) is 6.60. The number of rotatable bonds is 8. The van der Waals surface area contributed by atoms with Crippen LogP contribution in [0.25, 0.3) is 0 Å². The minimum Gasteiger partial charge on any atom is -0.356 e. The van der Waals surface area contributed by atoms with Crippen molar-refractivity contribution >= 4 is 17.5 Å². The van der Waals surface area contributed by atoms with Crippen molar-refractivity contribution in [3.05, 3.63) is 34.9 Å². The molecular weight excluding hydrogens is 248 g/mol. The van der Waals surface area contributed by atoms with Crippen LogP contribution in [0.4, 0.5) is 0 Å². The zero-order valence-corrected chi connectivity index (χ0v) is 11.4. The number of carbonyl (C=O) groups is 1. The lowest BCUT2D eigenvalue weighted by atomic mass is 10.1. The Labute approximate surface area is 114 Å². The summed E-state index contributed by atoms with van der Waals surface area (Å²) in [6.07, 6.45) is 4.27. The van der Waals surface area contributed by atoms with Crippen LogP contribution in [0, 0.1) is 0 Å². The number of nitrogens with two attached hydrogens (primary N) is 1. The van der Waals surface area contributed by atoms with Crippen LogP contribution >= 0.6 is 11.6 Å². The molecule has 1 rings (SSSR count). The molecule has 0 aliphatic carbocycles. The first-order valence-electron chi connectivity index (χ1n) is 6.43. The maximum absolute atomic E-state index is 11.5. The van der Waals surface area contributed by atoms with Gasteiger partial charge in [0.05, 0.1) is 0 Å². The second kappa shape index (κ2) is 8.95. The van der Waals surface area contributed by atoms with Gasteiger partial charge in [-0.3, -0.25) is 4.79 Å². The summed E-state index contributed by atoms with van der Waals surface area (Å²) in [5, 5.41) is 3.64. The summed E-state index contributed by atoms with van der Waals surface area (Å²) < 4.78 is 0. The van der Waals surface area contributed by atoms with E-state index in [1.54, 1.807) is 0 Å². The molecular formula is C14H21ClN2O. The Kier molecular flexibility index (Phi) is 7.46. The van der Waals surface area contributed by atoms with Gasteiger partial charge in [-0.1, -0.05) is 23.7 Å². The van der Waals surface area contributed by atoms with Gasteiger partial charge < -0.3 is 11.1 Å². The third-order valence-electron chi connectivity index (χ3n) is 2.74. The van der Waals surface area contributed by atoms with E-state index in [4.69, 9.17) is 17.3 Å². The van der Waals surface area contributed by atoms with Crippen LogP contribution in [0.1, 0.15) is 31.2 Å². The zero-order valence-electron chi connectivity index (χ0n) is 10.6. The smallest absolute Gasteiger partial charge is 0.220 e. The van der Waals surface area contributed by atoms with Gasteiger partial charge in [-0.05, 0) is 49.9 Å². The van der Waals surface area contributed by atoms with Crippen molar-refractivity contribution in [3.63, 3.8) is 0 Å². The number of hydrogen-bond donors (Lipinski definition) is 2. The van der Waals surface area contributed by atoms with Crippen molar-refractivity contribution in [2.75, 3.05) is 13.1 Å². The summed E-state index contributed by atoms with van der Waals surface area (Å²) in [6, 6.07) is 7.76. The molecule has 0 atom stereocenters. The average molecular weight is 269 g/mol. The molecule has 1 aromatic rings. The maximum atomic E-state index is 11.5. The Balaban J connectivity index is 2.10. The zero-order chi connectivity index (χ0) is 13.2. The highest BCUT2D eigenvalue weighted by Crippen LogP contribution is 2.11. The largest absolute Gasteiger partial charge is 0.356 e. The predicted octanol–water partition coefficient (Wildman–Crippen LogP) is 2.52. The Hall–Kier alpha value is -1.06. The monoisotopic (exact) mass is 268 g/mol. The highest BCUT2D eigenvalue weighted by atomic mass is 35.5. The number of aryl methyl sites for hydroxylation is 1. The molecule has 0 spiro atoms. The molecule has 1 amide bonds. The number of hydrogen-bond acceptors (Lipinski definition) is 2. The molecule has 18 heavy (non-hydrogen) atoms. The Morgan fingerprint density at radius 2 is 1.89 bits per heavy atom. The molecule has 0 fully saturated rings. The third-order valence-corrected chi connectivity index (χ3v) is 2.99. The quantitative estimate of drug-likeness (QED) is 0.712. The normalized spacial score (nSPS) is 10.3. The molecule has 0 unspecified atom stereocenters. The molecule has 0 aliphatic heterocycles. The van der Waals surface area contributed by atoms with Gasteiger partial charge in [0.1, 0.15) is 0 Å². The van der Waals surface area contributed by atoms with Gasteiger partial charge in [0.25, 0.3) is 0 Å². The third kappa shape index (κ3) is 6.62. The van der Waals surface area contributed by atoms with E-state index >= 15 is 0 Å². The molecule has 0 saturated heterocycles. The summed E-state index contributed by atoms with van der Waals surface area (Å²) in [5.74, 6) is 0.126. The van der Waals surface area contributed by atoms with E-state index in [1.807, 2.05) is 24.3 Å². The number of amides is 1. The molecule has 0 heterocycles. The van der Waals surface area contributed by atoms with Crippen LogP contribution in [0.3, 0.4) is 0 Å². The molecule has 0 bridgehead atoms. The fourth-order valence-electron chi connectivity index (χ4n) is 1.69. The van der Waals surface area contributed by atoms with E-state index < -0.39 is 0 Å². The maximum Gasteiger partial charge on any atom is 0.220 e. The van der Waals surface area contributed by atoms with Gasteiger partial charge in [0.15, 0.2) is 0 Å². The Morgan fingerprint density at radius 3 is 2.56 bits per heavy atom. The topological polar surface area (TPSA) is 55.1 Å². The van der Waals surface area contributed by atoms with E-state index in [9.17, 15) is 4.79 Å². The molecule has 1 aromatic carbocycles. The van der Waals surface area contributed by atoms with Gasteiger partial charge in [0.2, 0.25) is 5.91 Å². The number of carbonyl (C=O) groups excluding carboxylic acids is 1. The SMILES string of the molecule is NCCCCNC(=O)CCCc1ccc(Cl)cc1. The number of nitrogens with one attached hydrogen (secondary N) is 1. The first-order valence-corrected chi connectivity index (χ1v) is 6.81. The Bertz CT molecular complexity index is 351. The van der Waals surface area contributed by atoms with Crippen LogP contribution in [0.15, 0.2) is 24.3 Å². The van der Waals surface area contributed by atoms with Crippen LogP contribution in [0.5, 0.6) is 0 Å². The number of halogens is 1. The highest BCUT2D eigenvalue weighted by Gasteiger charge is 2.01. The van der Waals surface area contributed by atoms with Crippen LogP contribution in [-0.2, 0) is 11.2 Å². The van der Waals surface area contributed by atoms with Crippen molar-refractivity contribution < 1.29 is 4.79 Å². The summed E-state index contributed by atoms with van der Waals surface area (Å²) in [4.78, 5) is 11.5. The molecule has 0 aromatic heterocycles. The molecule has 0 saturated carbocycles. The molecule has 3 nitrogen and oxygen atoms in total. The minimum atomic E-state index is 0.126. The lowest BCUT2D eigenvalue weighted by Crippen LogP contribution is -2.24. The first-order chi connectivity index (χ1) is 8.72. The summed E-state index contributed by atoms with van der Waals surface area (Å²) in [7, 11) is 0. The minimum absolute atomic E-state index is 0.126. The number of benzene rings is 1. The molecule has 100 valence electrons. The van der Waals surface area contributed by atoms with Gasteiger partial charge >= 0.3 is 0 Å². The standard InChI is InChI=1S/C14H21ClN2O/c15-13-8-6-12(7-9-13)4-3-5-14(18)17-11-2-1-10-16/h6-9H,1-5,10-11,16H2,(H,17,18). The van der Waals surface area contributed by atoms with Crippen molar-refractivity contribution in [3.8, 4) is 0 Å². The van der Waals surface area contributed by atoms with Crippen LogP contribution in [-0.4, -0.2) is 19.0 Å². The summed E-state index contributed by atoms with van der Waals surface area (Å²) >= 11 is 5.81. The van der Waals surface area contributed by atoms with Crippen LogP contribution < -0.4 is 11.1 Å². The van der Waals surface area contributed by atoms with E-state index in [0.29, 0.717) is 13.0 Å². The van der Waals surface area contributed by atoms with Crippen LogP contribution in [0.2, 0.25) is 5.02 Å². The van der Waals surface area contributed by atoms with Gasteiger partial charge in [-0.15, -0.1) is 0 Å². The lowest BCUT2D eigenvalue weighted by Gasteiger charge is -2.05. The molecule has 0 radical (unpaired) electrons. The van der Waals surface area contributed by atoms with E-state index in [1.165, 1.54) is 5.56 Å². The second-order valence-corrected chi connectivity index (χ2v) is 4.76. The lowest BCUT2D eigenvalue weighted by molar-refractivity contribution is -0.121. The van der Waals surface area contributed by atoms with Crippen molar-refractivity contribution in [1.82, 2.24) is 5.32 Å². The molecule has 4 heteroatoms. The van der Waals surface area contributed by atoms with Crippen molar-refractivity contribution in [2.45, 2.75) is 32.1 Å². The van der Waals surface area contributed by atoms with Gasteiger partial charge in [0, 0.05) is 18.0 Å². The fraction of sp³-hybridized carbons (Fsp3) is 0.500. The van der Waals surface area contributed by atoms with Gasteiger partial charge in [-0.2, -0.15) is 0 Å². The van der Waals surface area contributed by atoms with E-state index in [0.717, 1.165) is 37.3 Å². The average Bonchev–Trinajstić information content (AvgIpc) is 2.37.